The van der Waals surface area contributed by atoms with Gasteiger partial charge in [0, 0.05) is 13.1 Å². The lowest BCUT2D eigenvalue weighted by Gasteiger charge is -2.27. The van der Waals surface area contributed by atoms with E-state index in [-0.39, 0.29) is 6.04 Å². The zero-order chi connectivity index (χ0) is 9.19. The van der Waals surface area contributed by atoms with Crippen LogP contribution < -0.4 is 0 Å². The topological polar surface area (TPSA) is 57.6 Å². The van der Waals surface area contributed by atoms with Gasteiger partial charge in [0.05, 0.1) is 0 Å². The molecule has 1 saturated carbocycles. The highest BCUT2D eigenvalue weighted by atomic mass is 32.2. The summed E-state index contributed by atoms with van der Waals surface area (Å²) in [4.78, 5) is 0. The predicted molar refractivity (Wildman–Crippen MR) is 46.2 cm³/mol. The molecule has 0 aromatic rings. The van der Waals surface area contributed by atoms with Crippen LogP contribution >= 0.6 is 0 Å². The summed E-state index contributed by atoms with van der Waals surface area (Å²) in [6.07, 6.45) is 5.04. The van der Waals surface area contributed by atoms with Gasteiger partial charge < -0.3 is 0 Å². The second-order valence-corrected chi connectivity index (χ2v) is 4.76. The first-order valence-electron chi connectivity index (χ1n) is 4.22. The van der Waals surface area contributed by atoms with Crippen molar-refractivity contribution in [2.45, 2.75) is 38.1 Å². The number of rotatable bonds is 2. The van der Waals surface area contributed by atoms with Gasteiger partial charge in [-0.1, -0.05) is 19.3 Å². The quantitative estimate of drug-likeness (QED) is 0.667. The largest absolute Gasteiger partial charge is 0.335 e. The Balaban J connectivity index is 2.57. The zero-order valence-electron chi connectivity index (χ0n) is 7.23. The molecule has 0 unspecified atom stereocenters. The van der Waals surface area contributed by atoms with Gasteiger partial charge in [0.2, 0.25) is 0 Å². The van der Waals surface area contributed by atoms with Crippen LogP contribution in [0.25, 0.3) is 0 Å². The van der Waals surface area contributed by atoms with Crippen molar-refractivity contribution in [2.75, 3.05) is 7.05 Å². The highest BCUT2D eigenvalue weighted by molar-refractivity contribution is 7.83. The summed E-state index contributed by atoms with van der Waals surface area (Å²) in [6, 6.07) is 0.00810. The third-order valence-electron chi connectivity index (χ3n) is 2.45. The molecule has 0 radical (unpaired) electrons. The molecular formula is C7H15NO3S. The van der Waals surface area contributed by atoms with E-state index < -0.39 is 10.3 Å². The van der Waals surface area contributed by atoms with E-state index in [0.29, 0.717) is 0 Å². The summed E-state index contributed by atoms with van der Waals surface area (Å²) >= 11 is 0. The summed E-state index contributed by atoms with van der Waals surface area (Å²) in [5.41, 5.74) is 0. The van der Waals surface area contributed by atoms with Crippen LogP contribution in [0.15, 0.2) is 0 Å². The molecule has 4 nitrogen and oxygen atoms in total. The first-order valence-corrected chi connectivity index (χ1v) is 5.62. The summed E-state index contributed by atoms with van der Waals surface area (Å²) in [5.74, 6) is 0. The molecule has 0 aliphatic heterocycles. The molecule has 1 aliphatic rings. The fourth-order valence-corrected chi connectivity index (χ4v) is 2.22. The lowest BCUT2D eigenvalue weighted by Crippen LogP contribution is -2.37. The Morgan fingerprint density at radius 3 is 2.17 bits per heavy atom. The molecule has 72 valence electrons. The van der Waals surface area contributed by atoms with Gasteiger partial charge in [0.1, 0.15) is 0 Å². The van der Waals surface area contributed by atoms with Crippen LogP contribution in [0, 0.1) is 0 Å². The molecule has 0 bridgehead atoms. The molecule has 0 atom stereocenters. The molecule has 5 heteroatoms. The van der Waals surface area contributed by atoms with Crippen LogP contribution in [0.5, 0.6) is 0 Å². The fraction of sp³-hybridized carbons (Fsp3) is 1.00. The lowest BCUT2D eigenvalue weighted by atomic mass is 9.96. The molecule has 0 aromatic carbocycles. The summed E-state index contributed by atoms with van der Waals surface area (Å²) in [7, 11) is -2.53. The predicted octanol–water partition coefficient (Wildman–Crippen LogP) is 1.05. The van der Waals surface area contributed by atoms with E-state index in [1.165, 1.54) is 13.5 Å². The highest BCUT2D eigenvalue weighted by Gasteiger charge is 2.25. The smallest absolute Gasteiger partial charge is 0.273 e. The molecule has 0 spiro atoms. The Morgan fingerprint density at radius 2 is 1.75 bits per heavy atom. The first-order chi connectivity index (χ1) is 5.52. The minimum atomic E-state index is -3.97. The van der Waals surface area contributed by atoms with Gasteiger partial charge in [-0.25, -0.2) is 0 Å². The molecule has 1 rings (SSSR count). The molecule has 12 heavy (non-hydrogen) atoms. The minimum absolute atomic E-state index is 0.00810. The molecule has 0 aromatic heterocycles. The Bertz CT molecular complexity index is 231. The van der Waals surface area contributed by atoms with Crippen LogP contribution in [0.2, 0.25) is 0 Å². The summed E-state index contributed by atoms with van der Waals surface area (Å²) in [5, 5.41) is 0. The fourth-order valence-electron chi connectivity index (χ4n) is 1.63. The van der Waals surface area contributed by atoms with Gasteiger partial charge in [-0.2, -0.15) is 12.7 Å². The van der Waals surface area contributed by atoms with E-state index >= 15 is 0 Å². The van der Waals surface area contributed by atoms with Crippen LogP contribution in [0.1, 0.15) is 32.1 Å². The van der Waals surface area contributed by atoms with Crippen molar-refractivity contribution >= 4 is 10.3 Å². The maximum atomic E-state index is 10.7. The van der Waals surface area contributed by atoms with Gasteiger partial charge in [0.15, 0.2) is 0 Å². The molecule has 1 aliphatic carbocycles. The molecule has 0 amide bonds. The van der Waals surface area contributed by atoms with Gasteiger partial charge >= 0.3 is 10.3 Å². The maximum Gasteiger partial charge on any atom is 0.335 e. The zero-order valence-corrected chi connectivity index (χ0v) is 8.05. The van der Waals surface area contributed by atoms with E-state index in [4.69, 9.17) is 4.55 Å². The molecule has 0 heterocycles. The summed E-state index contributed by atoms with van der Waals surface area (Å²) in [6.45, 7) is 0. The minimum Gasteiger partial charge on any atom is -0.273 e. The number of hydrogen-bond donors (Lipinski definition) is 1. The molecular weight excluding hydrogens is 178 g/mol. The lowest BCUT2D eigenvalue weighted by molar-refractivity contribution is 0.263. The van der Waals surface area contributed by atoms with Crippen LogP contribution in [0.4, 0.5) is 0 Å². The average Bonchev–Trinajstić information content (AvgIpc) is 2.03. The second kappa shape index (κ2) is 3.72. The summed E-state index contributed by atoms with van der Waals surface area (Å²) < 4.78 is 31.2. The van der Waals surface area contributed by atoms with Crippen molar-refractivity contribution in [3.8, 4) is 0 Å². The van der Waals surface area contributed by atoms with E-state index in [1.54, 1.807) is 0 Å². The first kappa shape index (κ1) is 9.95. The van der Waals surface area contributed by atoms with Crippen LogP contribution in [-0.2, 0) is 10.3 Å². The van der Waals surface area contributed by atoms with E-state index in [0.717, 1.165) is 30.0 Å². The number of nitrogens with zero attached hydrogens (tertiary/aromatic N) is 1. The standard InChI is InChI=1S/C7H15NO3S/c1-8(12(9,10)11)7-5-3-2-4-6-7/h7H,2-6H2,1H3,(H,9,10,11). The third kappa shape index (κ3) is 2.43. The Morgan fingerprint density at radius 1 is 1.25 bits per heavy atom. The van der Waals surface area contributed by atoms with Crippen molar-refractivity contribution < 1.29 is 13.0 Å². The normalized spacial score (nSPS) is 21.6. The third-order valence-corrected chi connectivity index (χ3v) is 3.48. The van der Waals surface area contributed by atoms with E-state index in [9.17, 15) is 8.42 Å². The van der Waals surface area contributed by atoms with Gasteiger partial charge in [0.25, 0.3) is 0 Å². The second-order valence-electron chi connectivity index (χ2n) is 3.29. The molecule has 0 saturated heterocycles. The maximum absolute atomic E-state index is 10.7. The number of hydrogen-bond acceptors (Lipinski definition) is 2. The molecule has 1 fully saturated rings. The van der Waals surface area contributed by atoms with Crippen molar-refractivity contribution in [2.24, 2.45) is 0 Å². The van der Waals surface area contributed by atoms with Crippen LogP contribution in [0.3, 0.4) is 0 Å². The molecule has 1 N–H and O–H groups in total. The average molecular weight is 193 g/mol. The SMILES string of the molecule is CN(C1CCCCC1)S(=O)(=O)O. The van der Waals surface area contributed by atoms with E-state index in [1.807, 2.05) is 0 Å². The van der Waals surface area contributed by atoms with Crippen molar-refractivity contribution in [1.29, 1.82) is 0 Å². The Kier molecular flexibility index (Phi) is 3.09. The van der Waals surface area contributed by atoms with Gasteiger partial charge in [-0.05, 0) is 12.8 Å². The Labute approximate surface area is 73.4 Å². The van der Waals surface area contributed by atoms with Gasteiger partial charge in [-0.15, -0.1) is 0 Å². The van der Waals surface area contributed by atoms with Crippen LogP contribution in [-0.4, -0.2) is 30.4 Å². The monoisotopic (exact) mass is 193 g/mol. The van der Waals surface area contributed by atoms with Gasteiger partial charge in [-0.3, -0.25) is 4.55 Å². The Hall–Kier alpha value is -0.130. The van der Waals surface area contributed by atoms with Crippen molar-refractivity contribution in [1.82, 2.24) is 4.31 Å². The van der Waals surface area contributed by atoms with Crippen molar-refractivity contribution in [3.63, 3.8) is 0 Å². The highest BCUT2D eigenvalue weighted by Crippen LogP contribution is 2.22. The van der Waals surface area contributed by atoms with Crippen molar-refractivity contribution in [3.05, 3.63) is 0 Å². The van der Waals surface area contributed by atoms with E-state index in [2.05, 4.69) is 0 Å².